The molecule has 9 heteroatoms. The molecule has 9 nitrogen and oxygen atoms in total. The number of rotatable bonds is 8. The number of fused-ring (bicyclic) bond motifs is 1. The molecule has 0 bridgehead atoms. The van der Waals surface area contributed by atoms with E-state index in [2.05, 4.69) is 10.4 Å². The first-order chi connectivity index (χ1) is 16.9. The fourth-order valence-electron chi connectivity index (χ4n) is 4.03. The number of para-hydroxylation sites is 1. The van der Waals surface area contributed by atoms with E-state index in [1.54, 1.807) is 39.5 Å². The van der Waals surface area contributed by atoms with Crippen LogP contribution in [0.15, 0.2) is 53.3 Å². The van der Waals surface area contributed by atoms with Gasteiger partial charge in [0.2, 0.25) is 5.91 Å². The van der Waals surface area contributed by atoms with Gasteiger partial charge in [0.05, 0.1) is 27.0 Å². The first-order valence-corrected chi connectivity index (χ1v) is 11.1. The van der Waals surface area contributed by atoms with Crippen molar-refractivity contribution in [2.75, 3.05) is 26.6 Å². The Kier molecular flexibility index (Phi) is 6.77. The zero-order chi connectivity index (χ0) is 25.1. The van der Waals surface area contributed by atoms with E-state index in [0.29, 0.717) is 39.8 Å². The number of nitrogens with one attached hydrogen (secondary N) is 1. The highest BCUT2D eigenvalue weighted by Crippen LogP contribution is 2.29. The molecule has 0 radical (unpaired) electrons. The Balaban J connectivity index is 1.60. The number of anilines is 1. The molecule has 0 fully saturated rings. The highest BCUT2D eigenvalue weighted by Gasteiger charge is 2.18. The molecule has 1 amide bonds. The number of benzene rings is 2. The van der Waals surface area contributed by atoms with Crippen LogP contribution in [0.25, 0.3) is 16.9 Å². The largest absolute Gasteiger partial charge is 0.497 e. The van der Waals surface area contributed by atoms with E-state index >= 15 is 0 Å². The number of methoxy groups -OCH3 is 3. The molecule has 4 aromatic rings. The molecule has 35 heavy (non-hydrogen) atoms. The van der Waals surface area contributed by atoms with Crippen LogP contribution in [0.5, 0.6) is 17.2 Å². The lowest BCUT2D eigenvalue weighted by atomic mass is 10.1. The maximum atomic E-state index is 13.3. The molecule has 1 N–H and O–H groups in total. The van der Waals surface area contributed by atoms with Gasteiger partial charge >= 0.3 is 0 Å². The van der Waals surface area contributed by atoms with Gasteiger partial charge in [-0.25, -0.2) is 0 Å². The zero-order valence-corrected chi connectivity index (χ0v) is 20.4. The maximum absolute atomic E-state index is 13.3. The Morgan fingerprint density at radius 3 is 2.34 bits per heavy atom. The van der Waals surface area contributed by atoms with Crippen LogP contribution in [0.4, 0.5) is 5.69 Å². The molecule has 2 aromatic heterocycles. The van der Waals surface area contributed by atoms with Crippen molar-refractivity contribution in [2.24, 2.45) is 7.05 Å². The van der Waals surface area contributed by atoms with Gasteiger partial charge in [-0.05, 0) is 25.5 Å². The summed E-state index contributed by atoms with van der Waals surface area (Å²) in [4.78, 5) is 26.0. The van der Waals surface area contributed by atoms with Crippen molar-refractivity contribution in [3.63, 3.8) is 0 Å². The van der Waals surface area contributed by atoms with Crippen molar-refractivity contribution in [2.45, 2.75) is 19.8 Å². The smallest absolute Gasteiger partial charge is 0.277 e. The Hall–Kier alpha value is -4.27. The summed E-state index contributed by atoms with van der Waals surface area (Å²) in [6.45, 7) is 1.87. The molecule has 182 valence electrons. The van der Waals surface area contributed by atoms with Crippen molar-refractivity contribution in [1.29, 1.82) is 0 Å². The molecule has 4 rings (SSSR count). The predicted molar refractivity (Wildman–Crippen MR) is 134 cm³/mol. The van der Waals surface area contributed by atoms with Gasteiger partial charge in [-0.3, -0.25) is 9.59 Å². The molecule has 0 saturated carbocycles. The molecule has 0 aliphatic carbocycles. The number of ether oxygens (including phenoxy) is 3. The van der Waals surface area contributed by atoms with Crippen molar-refractivity contribution < 1.29 is 19.0 Å². The average Bonchev–Trinajstić information content (AvgIpc) is 3.32. The maximum Gasteiger partial charge on any atom is 0.277 e. The Labute approximate surface area is 202 Å². The van der Waals surface area contributed by atoms with E-state index in [0.717, 1.165) is 11.3 Å². The lowest BCUT2D eigenvalue weighted by Crippen LogP contribution is -2.26. The van der Waals surface area contributed by atoms with Crippen molar-refractivity contribution in [1.82, 2.24) is 14.2 Å². The van der Waals surface area contributed by atoms with E-state index in [-0.39, 0.29) is 24.3 Å². The van der Waals surface area contributed by atoms with Gasteiger partial charge in [0.1, 0.15) is 22.9 Å². The van der Waals surface area contributed by atoms with Crippen LogP contribution in [0.2, 0.25) is 0 Å². The molecule has 0 unspecified atom stereocenters. The summed E-state index contributed by atoms with van der Waals surface area (Å²) < 4.78 is 19.2. The fourth-order valence-corrected chi connectivity index (χ4v) is 4.03. The van der Waals surface area contributed by atoms with Crippen LogP contribution < -0.4 is 25.1 Å². The lowest BCUT2D eigenvalue weighted by Gasteiger charge is -2.13. The number of nitrogens with zero attached hydrogens (tertiary/aromatic N) is 3. The number of carbonyl (C=O) groups is 1. The van der Waals surface area contributed by atoms with E-state index in [1.807, 2.05) is 48.9 Å². The van der Waals surface area contributed by atoms with Crippen molar-refractivity contribution in [3.05, 3.63) is 70.1 Å². The summed E-state index contributed by atoms with van der Waals surface area (Å²) in [5.74, 6) is 1.59. The molecular formula is C26H28N4O5. The second-order valence-corrected chi connectivity index (χ2v) is 8.08. The summed E-state index contributed by atoms with van der Waals surface area (Å²) in [6.07, 6.45) is 0.396. The van der Waals surface area contributed by atoms with Crippen LogP contribution in [-0.2, 0) is 18.3 Å². The van der Waals surface area contributed by atoms with Gasteiger partial charge in [-0.15, -0.1) is 0 Å². The SMILES string of the molecule is COc1cc(NC(=O)CCc2c(C)n(C)c3cc(-c4ccccc4OC)nn3c2=O)cc(OC)c1. The third-order valence-electron chi connectivity index (χ3n) is 6.04. The highest BCUT2D eigenvalue weighted by molar-refractivity contribution is 5.91. The molecule has 0 aliphatic rings. The van der Waals surface area contributed by atoms with Crippen molar-refractivity contribution >= 4 is 17.2 Å². The van der Waals surface area contributed by atoms with E-state index in [4.69, 9.17) is 14.2 Å². The Morgan fingerprint density at radius 1 is 1.00 bits per heavy atom. The number of hydrogen-bond acceptors (Lipinski definition) is 6. The van der Waals surface area contributed by atoms with Gasteiger partial charge in [0.15, 0.2) is 0 Å². The summed E-state index contributed by atoms with van der Waals surface area (Å²) in [5.41, 5.74) is 3.72. The van der Waals surface area contributed by atoms with Crippen LogP contribution in [0.1, 0.15) is 17.7 Å². The first kappa shape index (κ1) is 23.9. The second kappa shape index (κ2) is 9.92. The normalized spacial score (nSPS) is 10.9. The van der Waals surface area contributed by atoms with Gasteiger partial charge in [0.25, 0.3) is 5.56 Å². The molecule has 2 heterocycles. The first-order valence-electron chi connectivity index (χ1n) is 11.1. The molecule has 2 aromatic carbocycles. The van der Waals surface area contributed by atoms with Crippen molar-refractivity contribution in [3.8, 4) is 28.5 Å². The highest BCUT2D eigenvalue weighted by atomic mass is 16.5. The summed E-state index contributed by atoms with van der Waals surface area (Å²) in [6, 6.07) is 14.5. The van der Waals surface area contributed by atoms with Gasteiger partial charge in [0, 0.05) is 60.2 Å². The third-order valence-corrected chi connectivity index (χ3v) is 6.04. The van der Waals surface area contributed by atoms with Gasteiger partial charge < -0.3 is 24.1 Å². The number of hydrogen-bond donors (Lipinski definition) is 1. The standard InChI is InChI=1S/C26H28N4O5/c1-16-20(10-11-24(31)27-17-12-18(33-3)14-19(13-17)34-4)26(32)30-25(29(16)2)15-22(28-30)21-8-6-7-9-23(21)35-5/h6-9,12-15H,10-11H2,1-5H3,(H,27,31). The molecule has 0 aliphatic heterocycles. The number of aromatic nitrogens is 3. The molecule has 0 spiro atoms. The van der Waals surface area contributed by atoms with E-state index < -0.39 is 0 Å². The Morgan fingerprint density at radius 2 is 1.69 bits per heavy atom. The van der Waals surface area contributed by atoms with Gasteiger partial charge in [-0.1, -0.05) is 12.1 Å². The predicted octanol–water partition coefficient (Wildman–Crippen LogP) is 3.61. The monoisotopic (exact) mass is 476 g/mol. The van der Waals surface area contributed by atoms with Gasteiger partial charge in [-0.2, -0.15) is 9.61 Å². The van der Waals surface area contributed by atoms with Crippen LogP contribution in [0.3, 0.4) is 0 Å². The summed E-state index contributed by atoms with van der Waals surface area (Å²) in [7, 11) is 6.57. The minimum absolute atomic E-state index is 0.127. The minimum Gasteiger partial charge on any atom is -0.497 e. The fraction of sp³-hybridized carbons (Fsp3) is 0.269. The number of aryl methyl sites for hydroxylation is 1. The average molecular weight is 477 g/mol. The van der Waals surface area contributed by atoms with E-state index in [9.17, 15) is 9.59 Å². The summed E-state index contributed by atoms with van der Waals surface area (Å²) in [5, 5.41) is 7.41. The second-order valence-electron chi connectivity index (χ2n) is 8.08. The van der Waals surface area contributed by atoms with Crippen LogP contribution in [-0.4, -0.2) is 41.4 Å². The molecular weight excluding hydrogens is 448 g/mol. The Bertz CT molecular complexity index is 1430. The number of amides is 1. The quantitative estimate of drug-likeness (QED) is 0.417. The minimum atomic E-state index is -0.243. The molecule has 0 atom stereocenters. The topological polar surface area (TPSA) is 96.1 Å². The third kappa shape index (κ3) is 4.70. The van der Waals surface area contributed by atoms with Crippen LogP contribution in [0, 0.1) is 6.92 Å². The summed E-state index contributed by atoms with van der Waals surface area (Å²) >= 11 is 0. The molecule has 0 saturated heterocycles. The van der Waals surface area contributed by atoms with E-state index in [1.165, 1.54) is 4.52 Å². The number of carbonyl (C=O) groups excluding carboxylic acids is 1. The lowest BCUT2D eigenvalue weighted by molar-refractivity contribution is -0.116. The van der Waals surface area contributed by atoms with Crippen LogP contribution >= 0.6 is 0 Å². The zero-order valence-electron chi connectivity index (χ0n) is 20.4.